The molecule has 1 heteroatoms. The zero-order valence-electron chi connectivity index (χ0n) is 17.7. The van der Waals surface area contributed by atoms with Gasteiger partial charge in [0.2, 0.25) is 0 Å². The molecule has 0 aliphatic heterocycles. The summed E-state index contributed by atoms with van der Waals surface area (Å²) in [6.45, 7) is 8.94. The van der Waals surface area contributed by atoms with E-state index in [1.165, 1.54) is 32.3 Å². The van der Waals surface area contributed by atoms with Gasteiger partial charge < -0.3 is 0 Å². The Kier molecular flexibility index (Phi) is 7.78. The van der Waals surface area contributed by atoms with Crippen molar-refractivity contribution >= 4 is 38.7 Å². The van der Waals surface area contributed by atoms with E-state index in [-0.39, 0.29) is 22.3 Å². The van der Waals surface area contributed by atoms with E-state index in [0.717, 1.165) is 0 Å². The minimum Gasteiger partial charge on any atom is -0.168 e. The van der Waals surface area contributed by atoms with Crippen LogP contribution in [0.15, 0.2) is 97.1 Å². The molecule has 0 atom stereocenters. The summed E-state index contributed by atoms with van der Waals surface area (Å²) >= 11 is -0.128. The third-order valence-electron chi connectivity index (χ3n) is 4.57. The molecule has 0 heterocycles. The molecule has 5 rings (SSSR count). The quantitative estimate of drug-likeness (QED) is 0.209. The molecule has 5 aromatic carbocycles. The van der Waals surface area contributed by atoms with Crippen molar-refractivity contribution in [2.75, 3.05) is 0 Å². The van der Waals surface area contributed by atoms with Crippen LogP contribution in [0.1, 0.15) is 27.7 Å². The Balaban J connectivity index is 0.000000133. The summed E-state index contributed by atoms with van der Waals surface area (Å²) in [4.78, 5) is 0. The fourth-order valence-electron chi connectivity index (χ4n) is 3.47. The van der Waals surface area contributed by atoms with Crippen molar-refractivity contribution in [3.8, 4) is 0 Å². The summed E-state index contributed by atoms with van der Waals surface area (Å²) in [7, 11) is 0. The maximum absolute atomic E-state index is 2.24. The molecule has 0 saturated heterocycles. The minimum atomic E-state index is -0.128. The molecule has 0 aliphatic rings. The molecule has 0 saturated carbocycles. The first-order valence-corrected chi connectivity index (χ1v) is 12.5. The first-order chi connectivity index (χ1) is 14.0. The molecule has 0 unspecified atom stereocenters. The molecule has 0 amide bonds. The van der Waals surface area contributed by atoms with E-state index in [4.69, 9.17) is 0 Å². The average molecular weight is 456 g/mol. The van der Waals surface area contributed by atoms with Crippen molar-refractivity contribution in [3.05, 3.63) is 97.1 Å². The number of hydrogen-bond acceptors (Lipinski definition) is 0. The van der Waals surface area contributed by atoms with E-state index in [1.807, 2.05) is 0 Å². The minimum absolute atomic E-state index is 0.128. The summed E-state index contributed by atoms with van der Waals surface area (Å²) in [5, 5.41) is 8.05. The monoisotopic (exact) mass is 454 g/mol. The summed E-state index contributed by atoms with van der Waals surface area (Å²) in [5.74, 6) is 0. The van der Waals surface area contributed by atoms with Crippen molar-refractivity contribution < 1.29 is 22.3 Å². The normalized spacial score (nSPS) is 9.93. The van der Waals surface area contributed by atoms with E-state index in [9.17, 15) is 0 Å². The third-order valence-corrected chi connectivity index (χ3v) is 7.03. The van der Waals surface area contributed by atoms with Crippen molar-refractivity contribution in [2.24, 2.45) is 0 Å². The van der Waals surface area contributed by atoms with Gasteiger partial charge in [0.05, 0.1) is 0 Å². The molecule has 29 heavy (non-hydrogen) atoms. The van der Waals surface area contributed by atoms with Gasteiger partial charge in [-0.25, -0.2) is 0 Å². The van der Waals surface area contributed by atoms with E-state index in [1.54, 1.807) is 6.41 Å². The van der Waals surface area contributed by atoms with Gasteiger partial charge in [-0.15, -0.1) is 69.4 Å². The Bertz CT molecular complexity index is 1170. The zero-order valence-corrected chi connectivity index (χ0v) is 20.2. The van der Waals surface area contributed by atoms with E-state index >= 15 is 0 Å². The molecule has 0 nitrogen and oxygen atoms in total. The Morgan fingerprint density at radius 1 is 0.586 bits per heavy atom. The van der Waals surface area contributed by atoms with E-state index in [2.05, 4.69) is 125 Å². The second-order valence-corrected chi connectivity index (χ2v) is 13.1. The number of hydrogen-bond donors (Lipinski definition) is 0. The number of fused-ring (bicyclic) bond motifs is 4. The summed E-state index contributed by atoms with van der Waals surface area (Å²) in [6, 6.07) is 33.9. The van der Waals surface area contributed by atoms with Crippen molar-refractivity contribution in [1.82, 2.24) is 0 Å². The largest absolute Gasteiger partial charge is 0.168 e. The molecule has 0 spiro atoms. The zero-order chi connectivity index (χ0) is 20.6. The summed E-state index contributed by atoms with van der Waals surface area (Å²) in [5.41, 5.74) is 0. The fourth-order valence-corrected chi connectivity index (χ4v) is 5.93. The van der Waals surface area contributed by atoms with E-state index < -0.39 is 0 Å². The van der Waals surface area contributed by atoms with Crippen LogP contribution in [-0.2, 0) is 22.3 Å². The van der Waals surface area contributed by atoms with Crippen LogP contribution < -0.4 is 0 Å². The van der Waals surface area contributed by atoms with E-state index in [0.29, 0.717) is 0 Å². The van der Waals surface area contributed by atoms with Crippen LogP contribution in [-0.4, -0.2) is 6.41 Å². The molecule has 0 aliphatic carbocycles. The van der Waals surface area contributed by atoms with Crippen LogP contribution in [0.4, 0.5) is 0 Å². The van der Waals surface area contributed by atoms with Gasteiger partial charge in [-0.3, -0.25) is 0 Å². The smallest absolute Gasteiger partial charge is 0.0771 e. The van der Waals surface area contributed by atoms with Gasteiger partial charge in [0.1, 0.15) is 0 Å². The van der Waals surface area contributed by atoms with Crippen molar-refractivity contribution in [1.29, 1.82) is 0 Å². The predicted octanol–water partition coefficient (Wildman–Crippen LogP) is 7.76. The molecule has 0 bridgehead atoms. The molecule has 0 aromatic heterocycles. The Hall–Kier alpha value is -2.24. The third kappa shape index (κ3) is 6.12. The number of rotatable bonds is 0. The Labute approximate surface area is 185 Å². The molecular weight excluding hydrogens is 428 g/mol. The molecule has 0 radical (unpaired) electrons. The Morgan fingerprint density at radius 3 is 1.55 bits per heavy atom. The van der Waals surface area contributed by atoms with Gasteiger partial charge in [0.15, 0.2) is 0 Å². The van der Waals surface area contributed by atoms with Crippen molar-refractivity contribution in [3.63, 3.8) is 0 Å². The van der Waals surface area contributed by atoms with Crippen LogP contribution in [0.2, 0.25) is 0 Å². The Morgan fingerprint density at radius 2 is 1.07 bits per heavy atom. The molecule has 0 fully saturated rings. The van der Waals surface area contributed by atoms with Crippen LogP contribution in [0, 0.1) is 0 Å². The van der Waals surface area contributed by atoms with Gasteiger partial charge in [0.25, 0.3) is 0 Å². The standard InChI is InChI=1S/C13H9.C9H7.2C3H6.Zr/c1-3-7-12-10(5-1)9-11-6-2-4-8-13(11)12;1-2-5-9-7-3-6-8(9)4-1;2*1-3-2;/h1-9H;1-7H;2*1-2H3;/q2*-1;;;. The van der Waals surface area contributed by atoms with Crippen molar-refractivity contribution in [2.45, 2.75) is 27.7 Å². The molecule has 5 aromatic rings. The van der Waals surface area contributed by atoms with Crippen LogP contribution in [0.5, 0.6) is 0 Å². The molecule has 146 valence electrons. The first-order valence-electron chi connectivity index (χ1n) is 10.1. The maximum atomic E-state index is 2.24. The van der Waals surface area contributed by atoms with Gasteiger partial charge in [-0.2, -0.15) is 17.5 Å². The average Bonchev–Trinajstić information content (AvgIpc) is 3.32. The first kappa shape index (κ1) is 21.5. The maximum Gasteiger partial charge on any atom is -0.0771 e. The van der Waals surface area contributed by atoms with Gasteiger partial charge >= 0.3 is 56.4 Å². The van der Waals surface area contributed by atoms with Gasteiger partial charge in [-0.05, 0) is 0 Å². The SMILES string of the molecule is C[C](C)=[Zr]=[C](C)C.c1ccc2[cH-]ccc2c1.c1ccc2c(c1)[cH-]c1ccccc12. The molecule has 0 N–H and O–H groups in total. The summed E-state index contributed by atoms with van der Waals surface area (Å²) < 4.78 is 3.34. The van der Waals surface area contributed by atoms with Gasteiger partial charge in [-0.1, -0.05) is 42.5 Å². The predicted molar refractivity (Wildman–Crippen MR) is 129 cm³/mol. The number of benzene rings is 3. The fraction of sp³-hybridized carbons (Fsp3) is 0.143. The van der Waals surface area contributed by atoms with Crippen LogP contribution in [0.3, 0.4) is 0 Å². The summed E-state index contributed by atoms with van der Waals surface area (Å²) in [6.07, 6.45) is 0. The second kappa shape index (κ2) is 10.5. The van der Waals surface area contributed by atoms with Gasteiger partial charge in [0, 0.05) is 0 Å². The second-order valence-electron chi connectivity index (χ2n) is 7.60. The topological polar surface area (TPSA) is 0 Å². The van der Waals surface area contributed by atoms with Crippen LogP contribution >= 0.6 is 0 Å². The van der Waals surface area contributed by atoms with Crippen LogP contribution in [0.25, 0.3) is 32.3 Å². The molecular formula is C28H28Zr-2.